The monoisotopic (exact) mass is 384 g/mol. The standard InChI is InChI=1S/C18H16N4O2S2/c23-16(19-10-11-24-13-6-2-1-3-7-13)12-25-17-20-21-18-22(17)14-8-4-5-9-15(14)26-18/h1-9H,10-12H2,(H,19,23). The minimum absolute atomic E-state index is 0.0528. The number of carbonyl (C=O) groups excluding carboxylic acids is 1. The summed E-state index contributed by atoms with van der Waals surface area (Å²) in [6, 6.07) is 17.6. The van der Waals surface area contributed by atoms with Crippen molar-refractivity contribution in [1.29, 1.82) is 0 Å². The SMILES string of the molecule is O=C(CSc1nnc2sc3ccccc3n12)NCCOc1ccccc1. The van der Waals surface area contributed by atoms with Crippen LogP contribution in [-0.2, 0) is 4.79 Å². The van der Waals surface area contributed by atoms with E-state index in [0.717, 1.165) is 26.1 Å². The van der Waals surface area contributed by atoms with Gasteiger partial charge in [0.25, 0.3) is 0 Å². The van der Waals surface area contributed by atoms with Gasteiger partial charge in [0.1, 0.15) is 12.4 Å². The second-order valence-corrected chi connectivity index (χ2v) is 7.42. The Hall–Kier alpha value is -2.58. The van der Waals surface area contributed by atoms with Crippen LogP contribution in [0.5, 0.6) is 5.75 Å². The van der Waals surface area contributed by atoms with Gasteiger partial charge in [0.15, 0.2) is 5.16 Å². The van der Waals surface area contributed by atoms with Crippen LogP contribution < -0.4 is 10.1 Å². The highest BCUT2D eigenvalue weighted by Crippen LogP contribution is 2.29. The third-order valence-electron chi connectivity index (χ3n) is 3.68. The number of fused-ring (bicyclic) bond motifs is 3. The molecule has 0 saturated heterocycles. The summed E-state index contributed by atoms with van der Waals surface area (Å²) in [6.07, 6.45) is 0. The summed E-state index contributed by atoms with van der Waals surface area (Å²) in [6.45, 7) is 0.898. The summed E-state index contributed by atoms with van der Waals surface area (Å²) in [5.41, 5.74) is 1.07. The van der Waals surface area contributed by atoms with Crippen molar-refractivity contribution in [2.45, 2.75) is 5.16 Å². The van der Waals surface area contributed by atoms with Crippen molar-refractivity contribution in [1.82, 2.24) is 19.9 Å². The smallest absolute Gasteiger partial charge is 0.230 e. The number of benzene rings is 2. The molecule has 0 unspecified atom stereocenters. The number of para-hydroxylation sites is 2. The third kappa shape index (κ3) is 3.66. The molecular formula is C18H16N4O2S2. The Morgan fingerprint density at radius 1 is 1.12 bits per heavy atom. The Morgan fingerprint density at radius 2 is 1.92 bits per heavy atom. The van der Waals surface area contributed by atoms with Gasteiger partial charge in [0, 0.05) is 0 Å². The molecule has 4 aromatic rings. The second-order valence-electron chi connectivity index (χ2n) is 5.47. The van der Waals surface area contributed by atoms with E-state index >= 15 is 0 Å². The van der Waals surface area contributed by atoms with E-state index in [1.165, 1.54) is 11.8 Å². The third-order valence-corrected chi connectivity index (χ3v) is 5.62. The van der Waals surface area contributed by atoms with Crippen LogP contribution in [0.15, 0.2) is 59.8 Å². The van der Waals surface area contributed by atoms with Gasteiger partial charge in [-0.25, -0.2) is 0 Å². The molecule has 2 aromatic carbocycles. The van der Waals surface area contributed by atoms with Crippen molar-refractivity contribution in [2.24, 2.45) is 0 Å². The Morgan fingerprint density at radius 3 is 2.81 bits per heavy atom. The zero-order chi connectivity index (χ0) is 17.8. The molecule has 0 saturated carbocycles. The topological polar surface area (TPSA) is 68.5 Å². The van der Waals surface area contributed by atoms with E-state index in [1.807, 2.05) is 52.9 Å². The molecule has 0 aliphatic heterocycles. The average molecular weight is 384 g/mol. The lowest BCUT2D eigenvalue weighted by Crippen LogP contribution is -2.29. The fourth-order valence-electron chi connectivity index (χ4n) is 2.51. The molecule has 0 radical (unpaired) electrons. The summed E-state index contributed by atoms with van der Waals surface area (Å²) in [5.74, 6) is 1.03. The predicted molar refractivity (Wildman–Crippen MR) is 104 cm³/mol. The summed E-state index contributed by atoms with van der Waals surface area (Å²) in [4.78, 5) is 12.9. The molecule has 6 nitrogen and oxygen atoms in total. The summed E-state index contributed by atoms with van der Waals surface area (Å²) in [7, 11) is 0. The summed E-state index contributed by atoms with van der Waals surface area (Å²) >= 11 is 2.97. The maximum atomic E-state index is 12.0. The van der Waals surface area contributed by atoms with Crippen LogP contribution in [0.1, 0.15) is 0 Å². The first-order chi connectivity index (χ1) is 12.8. The van der Waals surface area contributed by atoms with Crippen LogP contribution >= 0.6 is 23.1 Å². The number of aromatic nitrogens is 3. The molecule has 4 rings (SSSR count). The fourth-order valence-corrected chi connectivity index (χ4v) is 4.30. The molecule has 1 amide bonds. The van der Waals surface area contributed by atoms with Crippen LogP contribution in [0.3, 0.4) is 0 Å². The van der Waals surface area contributed by atoms with E-state index in [0.29, 0.717) is 13.2 Å². The Kier molecular flexibility index (Phi) is 5.03. The maximum absolute atomic E-state index is 12.0. The zero-order valence-corrected chi connectivity index (χ0v) is 15.4. The van der Waals surface area contributed by atoms with Gasteiger partial charge in [-0.1, -0.05) is 53.4 Å². The highest BCUT2D eigenvalue weighted by atomic mass is 32.2. The fraction of sp³-hybridized carbons (Fsp3) is 0.167. The quantitative estimate of drug-likeness (QED) is 0.391. The van der Waals surface area contributed by atoms with Gasteiger partial charge in [-0.05, 0) is 24.3 Å². The highest BCUT2D eigenvalue weighted by molar-refractivity contribution is 7.99. The lowest BCUT2D eigenvalue weighted by molar-refractivity contribution is -0.118. The number of hydrogen-bond donors (Lipinski definition) is 1. The molecule has 132 valence electrons. The normalized spacial score (nSPS) is 11.1. The van der Waals surface area contributed by atoms with Gasteiger partial charge in [-0.15, -0.1) is 10.2 Å². The predicted octanol–water partition coefficient (Wildman–Crippen LogP) is 3.23. The number of thiazole rings is 1. The van der Waals surface area contributed by atoms with E-state index < -0.39 is 0 Å². The van der Waals surface area contributed by atoms with Crippen molar-refractivity contribution in [2.75, 3.05) is 18.9 Å². The van der Waals surface area contributed by atoms with E-state index in [1.54, 1.807) is 11.3 Å². The molecule has 0 bridgehead atoms. The maximum Gasteiger partial charge on any atom is 0.230 e. The minimum Gasteiger partial charge on any atom is -0.492 e. The number of hydrogen-bond acceptors (Lipinski definition) is 6. The van der Waals surface area contributed by atoms with Gasteiger partial charge in [-0.3, -0.25) is 9.20 Å². The van der Waals surface area contributed by atoms with Crippen LogP contribution in [0.4, 0.5) is 0 Å². The van der Waals surface area contributed by atoms with Crippen molar-refractivity contribution >= 4 is 44.2 Å². The molecule has 0 aliphatic rings. The molecule has 8 heteroatoms. The van der Waals surface area contributed by atoms with Gasteiger partial charge in [0.05, 0.1) is 22.5 Å². The highest BCUT2D eigenvalue weighted by Gasteiger charge is 2.13. The number of amides is 1. The van der Waals surface area contributed by atoms with E-state index in [4.69, 9.17) is 4.74 Å². The molecule has 0 atom stereocenters. The van der Waals surface area contributed by atoms with Gasteiger partial charge >= 0.3 is 0 Å². The zero-order valence-electron chi connectivity index (χ0n) is 13.8. The number of nitrogens with one attached hydrogen (secondary N) is 1. The molecule has 0 aliphatic carbocycles. The first-order valence-electron chi connectivity index (χ1n) is 8.11. The number of nitrogens with zero attached hydrogens (tertiary/aromatic N) is 3. The molecule has 1 N–H and O–H groups in total. The molecule has 2 heterocycles. The lowest BCUT2D eigenvalue weighted by atomic mass is 10.3. The first kappa shape index (κ1) is 16.9. The molecule has 2 aromatic heterocycles. The number of ether oxygens (including phenoxy) is 1. The Labute approximate surface area is 158 Å². The van der Waals surface area contributed by atoms with Crippen LogP contribution in [0, 0.1) is 0 Å². The van der Waals surface area contributed by atoms with Crippen molar-refractivity contribution < 1.29 is 9.53 Å². The summed E-state index contributed by atoms with van der Waals surface area (Å²) < 4.78 is 8.71. The Balaban J connectivity index is 1.30. The molecule has 26 heavy (non-hydrogen) atoms. The molecular weight excluding hydrogens is 368 g/mol. The van der Waals surface area contributed by atoms with Crippen LogP contribution in [-0.4, -0.2) is 39.4 Å². The number of carbonyl (C=O) groups is 1. The lowest BCUT2D eigenvalue weighted by Gasteiger charge is -2.07. The van der Waals surface area contributed by atoms with Gasteiger partial charge < -0.3 is 10.1 Å². The summed E-state index contributed by atoms with van der Waals surface area (Å²) in [5, 5.41) is 12.0. The minimum atomic E-state index is -0.0528. The molecule has 0 fully saturated rings. The van der Waals surface area contributed by atoms with Crippen molar-refractivity contribution in [3.05, 3.63) is 54.6 Å². The van der Waals surface area contributed by atoms with Crippen molar-refractivity contribution in [3.63, 3.8) is 0 Å². The Bertz CT molecular complexity index is 1030. The largest absolute Gasteiger partial charge is 0.492 e. The van der Waals surface area contributed by atoms with Crippen molar-refractivity contribution in [3.8, 4) is 5.75 Å². The van der Waals surface area contributed by atoms with E-state index in [-0.39, 0.29) is 11.7 Å². The average Bonchev–Trinajstić information content (AvgIpc) is 3.24. The van der Waals surface area contributed by atoms with Crippen LogP contribution in [0.25, 0.3) is 15.2 Å². The second kappa shape index (κ2) is 7.76. The van der Waals surface area contributed by atoms with Crippen LogP contribution in [0.2, 0.25) is 0 Å². The first-order valence-corrected chi connectivity index (χ1v) is 9.91. The number of thioether (sulfide) groups is 1. The molecule has 0 spiro atoms. The van der Waals surface area contributed by atoms with Gasteiger partial charge in [-0.2, -0.15) is 0 Å². The van der Waals surface area contributed by atoms with Gasteiger partial charge in [0.2, 0.25) is 10.9 Å². The number of rotatable bonds is 7. The van der Waals surface area contributed by atoms with E-state index in [9.17, 15) is 4.79 Å². The van der Waals surface area contributed by atoms with E-state index in [2.05, 4.69) is 21.6 Å².